The number of methoxy groups -OCH3 is 2. The number of aromatic nitrogens is 1. The molecule has 2 N–H and O–H groups in total. The summed E-state index contributed by atoms with van der Waals surface area (Å²) in [6.07, 6.45) is 1.66. The van der Waals surface area contributed by atoms with Crippen LogP contribution < -0.4 is 24.8 Å². The van der Waals surface area contributed by atoms with Gasteiger partial charge in [0.2, 0.25) is 0 Å². The molecule has 0 aliphatic heterocycles. The van der Waals surface area contributed by atoms with E-state index in [0.29, 0.717) is 49.9 Å². The van der Waals surface area contributed by atoms with Gasteiger partial charge in [0.1, 0.15) is 11.5 Å². The Morgan fingerprint density at radius 2 is 1.58 bits per heavy atom. The molecule has 1 aromatic heterocycles. The second kappa shape index (κ2) is 9.85. The predicted molar refractivity (Wildman–Crippen MR) is 130 cm³/mol. The van der Waals surface area contributed by atoms with Gasteiger partial charge in [0, 0.05) is 28.4 Å². The number of carbonyl (C=O) groups is 1. The van der Waals surface area contributed by atoms with E-state index in [1.165, 1.54) is 0 Å². The van der Waals surface area contributed by atoms with Gasteiger partial charge in [0.15, 0.2) is 11.5 Å². The van der Waals surface area contributed by atoms with E-state index in [1.54, 1.807) is 75.0 Å². The maximum Gasteiger partial charge on any atom is 0.323 e. The van der Waals surface area contributed by atoms with E-state index in [2.05, 4.69) is 15.6 Å². The molecule has 0 aliphatic carbocycles. The zero-order chi connectivity index (χ0) is 23.4. The van der Waals surface area contributed by atoms with Gasteiger partial charge in [-0.15, -0.1) is 0 Å². The number of hydrogen-bond donors (Lipinski definition) is 2. The number of anilines is 2. The number of benzene rings is 3. The first-order chi connectivity index (χ1) is 16.0. The maximum atomic E-state index is 12.3. The summed E-state index contributed by atoms with van der Waals surface area (Å²) in [4.78, 5) is 16.7. The van der Waals surface area contributed by atoms with Gasteiger partial charge < -0.3 is 24.8 Å². The highest BCUT2D eigenvalue weighted by atomic mass is 35.5. The van der Waals surface area contributed by atoms with Crippen LogP contribution >= 0.6 is 23.2 Å². The van der Waals surface area contributed by atoms with Crippen molar-refractivity contribution in [2.24, 2.45) is 0 Å². The average Bonchev–Trinajstić information content (AvgIpc) is 2.81. The molecule has 1 heterocycles. The maximum absolute atomic E-state index is 12.3. The number of hydrogen-bond acceptors (Lipinski definition) is 5. The van der Waals surface area contributed by atoms with Crippen LogP contribution in [0.5, 0.6) is 23.0 Å². The summed E-state index contributed by atoms with van der Waals surface area (Å²) in [6.45, 7) is 0. The van der Waals surface area contributed by atoms with Crippen molar-refractivity contribution in [1.82, 2.24) is 4.98 Å². The molecule has 2 amide bonds. The smallest absolute Gasteiger partial charge is 0.323 e. The van der Waals surface area contributed by atoms with Crippen molar-refractivity contribution >= 4 is 51.5 Å². The van der Waals surface area contributed by atoms with Crippen molar-refractivity contribution in [1.29, 1.82) is 0 Å². The Balaban J connectivity index is 1.47. The summed E-state index contributed by atoms with van der Waals surface area (Å²) < 4.78 is 16.8. The van der Waals surface area contributed by atoms with E-state index in [4.69, 9.17) is 37.4 Å². The first kappa shape index (κ1) is 22.5. The molecule has 4 aromatic rings. The van der Waals surface area contributed by atoms with Crippen LogP contribution in [0.1, 0.15) is 0 Å². The fraction of sp³-hybridized carbons (Fsp3) is 0.0833. The number of nitrogens with zero attached hydrogens (tertiary/aromatic N) is 1. The average molecular weight is 484 g/mol. The normalized spacial score (nSPS) is 10.5. The third kappa shape index (κ3) is 5.22. The second-order valence-corrected chi connectivity index (χ2v) is 7.71. The van der Waals surface area contributed by atoms with Crippen LogP contribution in [-0.4, -0.2) is 25.2 Å². The van der Waals surface area contributed by atoms with Gasteiger partial charge >= 0.3 is 6.03 Å². The third-order valence-electron chi connectivity index (χ3n) is 4.73. The molecule has 168 valence electrons. The zero-order valence-electron chi connectivity index (χ0n) is 17.7. The zero-order valence-corrected chi connectivity index (χ0v) is 19.2. The first-order valence-electron chi connectivity index (χ1n) is 9.78. The molecule has 33 heavy (non-hydrogen) atoms. The molecule has 3 aromatic carbocycles. The van der Waals surface area contributed by atoms with Gasteiger partial charge in [-0.1, -0.05) is 23.2 Å². The van der Waals surface area contributed by atoms with Gasteiger partial charge in [0.05, 0.1) is 30.4 Å². The lowest BCUT2D eigenvalue weighted by Crippen LogP contribution is -2.19. The molecule has 7 nitrogen and oxygen atoms in total. The molecule has 0 saturated heterocycles. The highest BCUT2D eigenvalue weighted by Crippen LogP contribution is 2.37. The number of rotatable bonds is 6. The standard InChI is InChI=1S/C24H19Cl2N3O4/c1-31-22-12-17-20(13-23(22)32-2)27-10-9-21(17)33-16-6-4-15(5-7-16)28-24(30)29-19-8-3-14(25)11-18(19)26/h3-13H,1-2H3,(H2,28,29,30). The Bertz CT molecular complexity index is 1310. The number of carbonyl (C=O) groups excluding carboxylic acids is 1. The molecule has 0 radical (unpaired) electrons. The van der Waals surface area contributed by atoms with E-state index < -0.39 is 6.03 Å². The quantitative estimate of drug-likeness (QED) is 0.308. The van der Waals surface area contributed by atoms with Crippen LogP contribution in [-0.2, 0) is 0 Å². The highest BCUT2D eigenvalue weighted by Gasteiger charge is 2.12. The van der Waals surface area contributed by atoms with Crippen molar-refractivity contribution in [3.63, 3.8) is 0 Å². The van der Waals surface area contributed by atoms with E-state index in [9.17, 15) is 4.79 Å². The summed E-state index contributed by atoms with van der Waals surface area (Å²) in [7, 11) is 3.15. The monoisotopic (exact) mass is 483 g/mol. The Kier molecular flexibility index (Phi) is 6.72. The Labute approximate surface area is 200 Å². The molecule has 9 heteroatoms. The van der Waals surface area contributed by atoms with Crippen LogP contribution in [0, 0.1) is 0 Å². The van der Waals surface area contributed by atoms with Crippen LogP contribution in [0.25, 0.3) is 10.9 Å². The van der Waals surface area contributed by atoms with Gasteiger partial charge in [-0.3, -0.25) is 4.98 Å². The molecular weight excluding hydrogens is 465 g/mol. The third-order valence-corrected chi connectivity index (χ3v) is 5.27. The summed E-state index contributed by atoms with van der Waals surface area (Å²) in [5.74, 6) is 2.36. The molecule has 0 aliphatic rings. The molecule has 0 unspecified atom stereocenters. The molecule has 4 rings (SSSR count). The molecular formula is C24H19Cl2N3O4. The van der Waals surface area contributed by atoms with Gasteiger partial charge in [-0.05, 0) is 54.6 Å². The van der Waals surface area contributed by atoms with Crippen LogP contribution in [0.4, 0.5) is 16.2 Å². The largest absolute Gasteiger partial charge is 0.493 e. The van der Waals surface area contributed by atoms with E-state index in [0.717, 1.165) is 5.39 Å². The van der Waals surface area contributed by atoms with Gasteiger partial charge in [0.25, 0.3) is 0 Å². The Morgan fingerprint density at radius 3 is 2.27 bits per heavy atom. The van der Waals surface area contributed by atoms with Crippen molar-refractivity contribution < 1.29 is 19.0 Å². The SMILES string of the molecule is COc1cc2nccc(Oc3ccc(NC(=O)Nc4ccc(Cl)cc4Cl)cc3)c2cc1OC. The van der Waals surface area contributed by atoms with Crippen LogP contribution in [0.2, 0.25) is 10.0 Å². The summed E-state index contributed by atoms with van der Waals surface area (Å²) in [6, 6.07) is 16.7. The van der Waals surface area contributed by atoms with Crippen molar-refractivity contribution in [2.45, 2.75) is 0 Å². The number of amides is 2. The van der Waals surface area contributed by atoms with Gasteiger partial charge in [-0.2, -0.15) is 0 Å². The minimum Gasteiger partial charge on any atom is -0.493 e. The second-order valence-electron chi connectivity index (χ2n) is 6.86. The molecule has 0 spiro atoms. The van der Waals surface area contributed by atoms with E-state index in [1.807, 2.05) is 6.07 Å². The highest BCUT2D eigenvalue weighted by molar-refractivity contribution is 6.36. The lowest BCUT2D eigenvalue weighted by molar-refractivity contribution is 0.262. The first-order valence-corrected chi connectivity index (χ1v) is 10.5. The number of pyridine rings is 1. The number of halogens is 2. The van der Waals surface area contributed by atoms with E-state index in [-0.39, 0.29) is 0 Å². The summed E-state index contributed by atoms with van der Waals surface area (Å²) >= 11 is 12.0. The number of ether oxygens (including phenoxy) is 3. The number of fused-ring (bicyclic) bond motifs is 1. The minimum absolute atomic E-state index is 0.347. The summed E-state index contributed by atoms with van der Waals surface area (Å²) in [5, 5.41) is 7.03. The van der Waals surface area contributed by atoms with Crippen LogP contribution in [0.15, 0.2) is 66.9 Å². The molecule has 0 atom stereocenters. The summed E-state index contributed by atoms with van der Waals surface area (Å²) in [5.41, 5.74) is 1.74. The minimum atomic E-state index is -0.436. The number of nitrogens with one attached hydrogen (secondary N) is 2. The van der Waals surface area contributed by atoms with Crippen LogP contribution in [0.3, 0.4) is 0 Å². The Hall–Kier alpha value is -3.68. The number of urea groups is 1. The molecule has 0 fully saturated rings. The lowest BCUT2D eigenvalue weighted by Gasteiger charge is -2.13. The van der Waals surface area contributed by atoms with E-state index >= 15 is 0 Å². The Morgan fingerprint density at radius 1 is 0.848 bits per heavy atom. The fourth-order valence-corrected chi connectivity index (χ4v) is 3.60. The van der Waals surface area contributed by atoms with Crippen molar-refractivity contribution in [3.05, 3.63) is 76.9 Å². The van der Waals surface area contributed by atoms with Gasteiger partial charge in [-0.25, -0.2) is 4.79 Å². The fourth-order valence-electron chi connectivity index (χ4n) is 3.15. The predicted octanol–water partition coefficient (Wildman–Crippen LogP) is 7.00. The topological polar surface area (TPSA) is 81.7 Å². The molecule has 0 bridgehead atoms. The van der Waals surface area contributed by atoms with Crippen molar-refractivity contribution in [2.75, 3.05) is 24.9 Å². The van der Waals surface area contributed by atoms with Crippen molar-refractivity contribution in [3.8, 4) is 23.0 Å². The lowest BCUT2D eigenvalue weighted by atomic mass is 10.2. The molecule has 0 saturated carbocycles.